The Hall–Kier alpha value is -1.87. The van der Waals surface area contributed by atoms with Crippen molar-refractivity contribution in [1.29, 1.82) is 5.26 Å². The zero-order valence-electron chi connectivity index (χ0n) is 7.54. The molecule has 1 rings (SSSR count). The molecule has 0 aliphatic heterocycles. The van der Waals surface area contributed by atoms with E-state index in [1.165, 1.54) is 24.1 Å². The molecule has 0 bridgehead atoms. The number of methoxy groups -OCH3 is 1. The minimum absolute atomic E-state index is 0.000370. The Bertz CT molecular complexity index is 366. The van der Waals surface area contributed by atoms with Crippen molar-refractivity contribution in [2.75, 3.05) is 13.7 Å². The molecular formula is C8H9N3O3. The van der Waals surface area contributed by atoms with Gasteiger partial charge in [-0.05, 0) is 0 Å². The highest BCUT2D eigenvalue weighted by Crippen LogP contribution is 2.09. The lowest BCUT2D eigenvalue weighted by Crippen LogP contribution is -2.24. The van der Waals surface area contributed by atoms with Crippen molar-refractivity contribution in [3.63, 3.8) is 0 Å². The zero-order valence-corrected chi connectivity index (χ0v) is 7.54. The first-order valence-electron chi connectivity index (χ1n) is 3.85. The van der Waals surface area contributed by atoms with Crippen LogP contribution < -0.4 is 0 Å². The molecule has 0 spiro atoms. The first kappa shape index (κ1) is 10.2. The molecule has 0 fully saturated rings. The maximum absolute atomic E-state index is 10.8. The summed E-state index contributed by atoms with van der Waals surface area (Å²) in [5.74, 6) is -0.990. The van der Waals surface area contributed by atoms with E-state index in [2.05, 4.69) is 4.98 Å². The molecule has 1 unspecified atom stereocenters. The summed E-state index contributed by atoms with van der Waals surface area (Å²) in [6.45, 7) is 0.000370. The summed E-state index contributed by atoms with van der Waals surface area (Å²) in [5, 5.41) is 17.5. The third-order valence-electron chi connectivity index (χ3n) is 1.71. The lowest BCUT2D eigenvalue weighted by atomic mass is 10.3. The van der Waals surface area contributed by atoms with Crippen LogP contribution in [0.2, 0.25) is 0 Å². The number of imidazole rings is 1. The van der Waals surface area contributed by atoms with Crippen LogP contribution in [0.25, 0.3) is 0 Å². The van der Waals surface area contributed by atoms with E-state index in [9.17, 15) is 4.79 Å². The monoisotopic (exact) mass is 195 g/mol. The maximum atomic E-state index is 10.8. The summed E-state index contributed by atoms with van der Waals surface area (Å²) in [6, 6.07) is 0.897. The molecule has 1 N–H and O–H groups in total. The van der Waals surface area contributed by atoms with E-state index in [0.29, 0.717) is 0 Å². The molecule has 1 aromatic rings. The normalized spacial score (nSPS) is 12.0. The second kappa shape index (κ2) is 4.39. The van der Waals surface area contributed by atoms with Gasteiger partial charge in [-0.1, -0.05) is 0 Å². The fourth-order valence-corrected chi connectivity index (χ4v) is 1.08. The number of aromatic nitrogens is 2. The second-order valence-corrected chi connectivity index (χ2v) is 2.58. The summed E-state index contributed by atoms with van der Waals surface area (Å²) in [6.07, 6.45) is 2.82. The Labute approximate surface area is 80.4 Å². The predicted octanol–water partition coefficient (Wildman–Crippen LogP) is 0.0269. The molecule has 0 aliphatic rings. The van der Waals surface area contributed by atoms with Crippen LogP contribution in [0.15, 0.2) is 12.4 Å². The Balaban J connectivity index is 2.99. The van der Waals surface area contributed by atoms with Crippen LogP contribution in [-0.2, 0) is 9.53 Å². The largest absolute Gasteiger partial charge is 0.480 e. The average molecular weight is 195 g/mol. The molecule has 1 heterocycles. The number of carboxylic acid groups (broad SMARTS) is 1. The molecule has 14 heavy (non-hydrogen) atoms. The van der Waals surface area contributed by atoms with Gasteiger partial charge >= 0.3 is 5.97 Å². The van der Waals surface area contributed by atoms with Gasteiger partial charge in [-0.3, -0.25) is 0 Å². The second-order valence-electron chi connectivity index (χ2n) is 2.58. The van der Waals surface area contributed by atoms with Gasteiger partial charge < -0.3 is 14.4 Å². The van der Waals surface area contributed by atoms with Gasteiger partial charge in [0, 0.05) is 19.5 Å². The molecule has 6 heteroatoms. The average Bonchev–Trinajstić information content (AvgIpc) is 2.61. The van der Waals surface area contributed by atoms with Crippen molar-refractivity contribution in [3.8, 4) is 6.07 Å². The number of hydrogen-bond acceptors (Lipinski definition) is 4. The van der Waals surface area contributed by atoms with E-state index in [4.69, 9.17) is 15.1 Å². The summed E-state index contributed by atoms with van der Waals surface area (Å²) in [4.78, 5) is 14.5. The number of aliphatic carboxylic acids is 1. The summed E-state index contributed by atoms with van der Waals surface area (Å²) in [5.41, 5.74) is 0. The molecule has 74 valence electrons. The standard InChI is InChI=1S/C8H9N3O3/c1-14-5-6(8(12)13)11-3-2-10-7(11)4-9/h2-3,6H,5H2,1H3,(H,12,13). The van der Waals surface area contributed by atoms with Crippen molar-refractivity contribution >= 4 is 5.97 Å². The zero-order chi connectivity index (χ0) is 10.6. The van der Waals surface area contributed by atoms with E-state index in [1.54, 1.807) is 6.07 Å². The quantitative estimate of drug-likeness (QED) is 0.732. The molecule has 0 amide bonds. The van der Waals surface area contributed by atoms with Gasteiger partial charge in [0.2, 0.25) is 5.82 Å². The van der Waals surface area contributed by atoms with Crippen molar-refractivity contribution in [1.82, 2.24) is 9.55 Å². The molecule has 1 atom stereocenters. The third-order valence-corrected chi connectivity index (χ3v) is 1.71. The van der Waals surface area contributed by atoms with E-state index < -0.39 is 12.0 Å². The van der Waals surface area contributed by atoms with E-state index in [1.807, 2.05) is 0 Å². The molecule has 0 aliphatic carbocycles. The lowest BCUT2D eigenvalue weighted by Gasteiger charge is -2.12. The number of carbonyl (C=O) groups is 1. The van der Waals surface area contributed by atoms with Crippen LogP contribution in [0.5, 0.6) is 0 Å². The van der Waals surface area contributed by atoms with Gasteiger partial charge in [0.15, 0.2) is 6.04 Å². The van der Waals surface area contributed by atoms with Gasteiger partial charge in [-0.15, -0.1) is 0 Å². The van der Waals surface area contributed by atoms with E-state index >= 15 is 0 Å². The maximum Gasteiger partial charge on any atom is 0.329 e. The van der Waals surface area contributed by atoms with Crippen LogP contribution >= 0.6 is 0 Å². The van der Waals surface area contributed by atoms with Gasteiger partial charge in [0.25, 0.3) is 0 Å². The Morgan fingerprint density at radius 3 is 3.14 bits per heavy atom. The predicted molar refractivity (Wildman–Crippen MR) is 45.5 cm³/mol. The van der Waals surface area contributed by atoms with E-state index in [0.717, 1.165) is 0 Å². The highest BCUT2D eigenvalue weighted by atomic mass is 16.5. The summed E-state index contributed by atoms with van der Waals surface area (Å²) in [7, 11) is 1.40. The Morgan fingerprint density at radius 2 is 2.64 bits per heavy atom. The van der Waals surface area contributed by atoms with Crippen LogP contribution in [-0.4, -0.2) is 34.3 Å². The number of rotatable bonds is 4. The Morgan fingerprint density at radius 1 is 1.93 bits per heavy atom. The number of carboxylic acids is 1. The SMILES string of the molecule is COCC(C(=O)O)n1ccnc1C#N. The first-order chi connectivity index (χ1) is 6.70. The summed E-state index contributed by atoms with van der Waals surface area (Å²) < 4.78 is 6.02. The number of ether oxygens (including phenoxy) is 1. The Kier molecular flexibility index (Phi) is 3.20. The molecule has 6 nitrogen and oxygen atoms in total. The van der Waals surface area contributed by atoms with Crippen molar-refractivity contribution in [2.24, 2.45) is 0 Å². The fourth-order valence-electron chi connectivity index (χ4n) is 1.08. The van der Waals surface area contributed by atoms with Crippen molar-refractivity contribution in [2.45, 2.75) is 6.04 Å². The lowest BCUT2D eigenvalue weighted by molar-refractivity contribution is -0.142. The molecule has 0 aromatic carbocycles. The molecular weight excluding hydrogens is 186 g/mol. The minimum Gasteiger partial charge on any atom is -0.480 e. The van der Waals surface area contributed by atoms with E-state index in [-0.39, 0.29) is 12.4 Å². The molecule has 1 aromatic heterocycles. The number of hydrogen-bond donors (Lipinski definition) is 1. The number of nitriles is 1. The van der Waals surface area contributed by atoms with Crippen molar-refractivity contribution in [3.05, 3.63) is 18.2 Å². The number of nitrogens with zero attached hydrogens (tertiary/aromatic N) is 3. The fraction of sp³-hybridized carbons (Fsp3) is 0.375. The van der Waals surface area contributed by atoms with Crippen molar-refractivity contribution < 1.29 is 14.6 Å². The molecule has 0 saturated heterocycles. The van der Waals surface area contributed by atoms with Crippen LogP contribution in [0, 0.1) is 11.3 Å². The molecule has 0 saturated carbocycles. The summed E-state index contributed by atoms with van der Waals surface area (Å²) >= 11 is 0. The third kappa shape index (κ3) is 1.89. The first-order valence-corrected chi connectivity index (χ1v) is 3.85. The van der Waals surface area contributed by atoms with Gasteiger partial charge in [-0.2, -0.15) is 5.26 Å². The highest BCUT2D eigenvalue weighted by Gasteiger charge is 2.21. The van der Waals surface area contributed by atoms with Crippen LogP contribution in [0.1, 0.15) is 11.9 Å². The molecule has 0 radical (unpaired) electrons. The topological polar surface area (TPSA) is 88.1 Å². The minimum atomic E-state index is -1.05. The van der Waals surface area contributed by atoms with Crippen LogP contribution in [0.4, 0.5) is 0 Å². The van der Waals surface area contributed by atoms with Gasteiger partial charge in [0.1, 0.15) is 6.07 Å². The van der Waals surface area contributed by atoms with Gasteiger partial charge in [-0.25, -0.2) is 9.78 Å². The smallest absolute Gasteiger partial charge is 0.329 e. The van der Waals surface area contributed by atoms with Gasteiger partial charge in [0.05, 0.1) is 6.61 Å². The highest BCUT2D eigenvalue weighted by molar-refractivity contribution is 5.72. The van der Waals surface area contributed by atoms with Crippen LogP contribution in [0.3, 0.4) is 0 Å².